The Labute approximate surface area is 187 Å². The number of sulfone groups is 1. The molecule has 0 radical (unpaired) electrons. The Morgan fingerprint density at radius 3 is 2.55 bits per heavy atom. The molecule has 0 aromatic carbocycles. The topological polar surface area (TPSA) is 124 Å². The highest BCUT2D eigenvalue weighted by molar-refractivity contribution is 8.03. The number of carbonyl (C=O) groups is 3. The van der Waals surface area contributed by atoms with E-state index in [9.17, 15) is 27.9 Å². The molecule has 2 saturated heterocycles. The number of carboxylic acids is 1. The Balaban J connectivity index is 1.78. The van der Waals surface area contributed by atoms with Crippen LogP contribution in [0.25, 0.3) is 0 Å². The summed E-state index contributed by atoms with van der Waals surface area (Å²) in [7, 11) is 0.156. The number of carbonyl (C=O) groups excluding carboxylic acids is 2. The van der Waals surface area contributed by atoms with Crippen LogP contribution in [0.4, 0.5) is 0 Å². The van der Waals surface area contributed by atoms with Crippen molar-refractivity contribution in [3.63, 3.8) is 0 Å². The van der Waals surface area contributed by atoms with Crippen molar-refractivity contribution >= 4 is 39.4 Å². The van der Waals surface area contributed by atoms with Gasteiger partial charge in [-0.15, -0.1) is 11.8 Å². The number of nitrogens with one attached hydrogen (secondary N) is 1. The summed E-state index contributed by atoms with van der Waals surface area (Å²) in [5, 5.41) is 13.1. The Kier molecular flexibility index (Phi) is 6.79. The molecule has 0 spiro atoms. The fourth-order valence-electron chi connectivity index (χ4n) is 4.86. The molecule has 31 heavy (non-hydrogen) atoms. The van der Waals surface area contributed by atoms with E-state index in [1.54, 1.807) is 27.9 Å². The molecule has 2 fully saturated rings. The maximum Gasteiger partial charge on any atom is 0.353 e. The van der Waals surface area contributed by atoms with Crippen molar-refractivity contribution in [1.82, 2.24) is 15.1 Å². The van der Waals surface area contributed by atoms with Crippen LogP contribution in [0.5, 0.6) is 0 Å². The number of fused-ring (bicyclic) bond motifs is 1. The molecule has 3 aliphatic heterocycles. The van der Waals surface area contributed by atoms with Crippen LogP contribution in [-0.2, 0) is 24.2 Å². The van der Waals surface area contributed by atoms with Gasteiger partial charge in [0.15, 0.2) is 0 Å². The highest BCUT2D eigenvalue weighted by Crippen LogP contribution is 2.52. The van der Waals surface area contributed by atoms with Crippen LogP contribution in [0, 0.1) is 17.8 Å². The van der Waals surface area contributed by atoms with Gasteiger partial charge in [0, 0.05) is 42.5 Å². The second-order valence-corrected chi connectivity index (χ2v) is 12.6. The Hall–Kier alpha value is -1.59. The second kappa shape index (κ2) is 8.74. The van der Waals surface area contributed by atoms with Crippen molar-refractivity contribution in [2.75, 3.05) is 32.1 Å². The zero-order valence-electron chi connectivity index (χ0n) is 18.5. The molecule has 0 bridgehead atoms. The maximum absolute atomic E-state index is 12.9. The van der Waals surface area contributed by atoms with Crippen molar-refractivity contribution in [2.24, 2.45) is 17.8 Å². The lowest BCUT2D eigenvalue weighted by molar-refractivity contribution is -0.159. The number of hydrogen-bond donors (Lipinski definition) is 2. The molecule has 2 amide bonds. The van der Waals surface area contributed by atoms with Crippen molar-refractivity contribution < 1.29 is 27.9 Å². The quantitative estimate of drug-likeness (QED) is 0.485. The minimum Gasteiger partial charge on any atom is -0.477 e. The number of carboxylic acid groups (broad SMARTS) is 1. The fraction of sp³-hybridized carbons (Fsp3) is 0.750. The Morgan fingerprint density at radius 1 is 1.35 bits per heavy atom. The van der Waals surface area contributed by atoms with E-state index in [1.807, 2.05) is 6.92 Å². The summed E-state index contributed by atoms with van der Waals surface area (Å²) in [5.41, 5.74) is 0.0108. The summed E-state index contributed by atoms with van der Waals surface area (Å²) in [6.07, 6.45) is 0.581. The van der Waals surface area contributed by atoms with E-state index in [0.29, 0.717) is 17.9 Å². The lowest BCUT2D eigenvalue weighted by Crippen LogP contribution is -2.63. The predicted octanol–water partition coefficient (Wildman–Crippen LogP) is 0.382. The van der Waals surface area contributed by atoms with Crippen molar-refractivity contribution in [1.29, 1.82) is 0 Å². The van der Waals surface area contributed by atoms with Crippen LogP contribution in [-0.4, -0.2) is 90.6 Å². The molecule has 6 atom stereocenters. The number of aliphatic carboxylic acids is 1. The molecule has 0 aliphatic carbocycles. The van der Waals surface area contributed by atoms with Gasteiger partial charge >= 0.3 is 5.97 Å². The number of hydrogen-bond acceptors (Lipinski definition) is 7. The maximum atomic E-state index is 12.9. The fourth-order valence-corrected chi connectivity index (χ4v) is 7.58. The summed E-state index contributed by atoms with van der Waals surface area (Å²) in [6.45, 7) is 5.81. The van der Waals surface area contributed by atoms with Gasteiger partial charge in [-0.3, -0.25) is 9.59 Å². The van der Waals surface area contributed by atoms with Crippen molar-refractivity contribution in [3.05, 3.63) is 10.6 Å². The number of amides is 2. The van der Waals surface area contributed by atoms with E-state index < -0.39 is 21.7 Å². The van der Waals surface area contributed by atoms with E-state index >= 15 is 0 Å². The second-order valence-electron chi connectivity index (χ2n) is 8.88. The zero-order valence-corrected chi connectivity index (χ0v) is 20.1. The molecule has 0 unspecified atom stereocenters. The highest BCUT2D eigenvalue weighted by Gasteiger charge is 2.60. The van der Waals surface area contributed by atoms with Gasteiger partial charge in [0.1, 0.15) is 15.5 Å². The third-order valence-corrected chi connectivity index (χ3v) is 9.91. The van der Waals surface area contributed by atoms with Gasteiger partial charge in [-0.1, -0.05) is 20.8 Å². The average molecular weight is 474 g/mol. The van der Waals surface area contributed by atoms with Gasteiger partial charge in [-0.25, -0.2) is 13.2 Å². The smallest absolute Gasteiger partial charge is 0.353 e. The van der Waals surface area contributed by atoms with Crippen LogP contribution in [0.1, 0.15) is 27.2 Å². The Bertz CT molecular complexity index is 916. The minimum atomic E-state index is -3.24. The minimum absolute atomic E-state index is 0.0108. The van der Waals surface area contributed by atoms with E-state index in [1.165, 1.54) is 21.6 Å². The molecule has 3 rings (SSSR count). The number of likely N-dealkylation sites (N-methyl/N-ethyl adjacent to an activating group) is 1. The molecule has 2 N–H and O–H groups in total. The lowest BCUT2D eigenvalue weighted by atomic mass is 9.75. The first-order valence-electron chi connectivity index (χ1n) is 10.5. The Morgan fingerprint density at radius 2 is 2.00 bits per heavy atom. The molecule has 0 aromatic rings. The molecule has 0 aromatic heterocycles. The standard InChI is InChI=1S/C20H31N3O6S2/c1-6-31(28,29)9-10(2)14-15-11(3)17(16(20(26)27)23(15)19(14)25)30-12-7-13(21-8-12)18(24)22(4)5/h10-15,21H,6-9H2,1-5H3,(H,26,27)/t10-,11+,12-,13-,14+,15+/m0/s1. The largest absolute Gasteiger partial charge is 0.477 e. The third kappa shape index (κ3) is 4.36. The van der Waals surface area contributed by atoms with E-state index in [4.69, 9.17) is 0 Å². The molecule has 3 heterocycles. The average Bonchev–Trinajstić information content (AvgIpc) is 3.23. The summed E-state index contributed by atoms with van der Waals surface area (Å²) < 4.78 is 24.1. The third-order valence-electron chi connectivity index (χ3n) is 6.48. The molecule has 174 valence electrons. The van der Waals surface area contributed by atoms with Crippen LogP contribution in [0.2, 0.25) is 0 Å². The number of rotatable bonds is 8. The summed E-state index contributed by atoms with van der Waals surface area (Å²) in [5.74, 6) is -2.62. The first kappa shape index (κ1) is 24.1. The monoisotopic (exact) mass is 473 g/mol. The van der Waals surface area contributed by atoms with Gasteiger partial charge in [0.05, 0.1) is 23.8 Å². The number of β-lactam (4-membered cyclic amide) rings is 1. The molecule has 9 nitrogen and oxygen atoms in total. The van der Waals surface area contributed by atoms with E-state index in [2.05, 4.69) is 5.32 Å². The van der Waals surface area contributed by atoms with Crippen molar-refractivity contribution in [3.8, 4) is 0 Å². The SMILES string of the molecule is CCS(=O)(=O)C[C@H](C)[C@H]1C(=O)N2C(C(=O)O)=C(S[C@@H]3CN[C@H](C(=O)N(C)C)C3)[C@H](C)[C@H]12. The summed E-state index contributed by atoms with van der Waals surface area (Å²) in [6, 6.07) is -0.638. The van der Waals surface area contributed by atoms with Gasteiger partial charge in [-0.2, -0.15) is 0 Å². The van der Waals surface area contributed by atoms with E-state index in [0.717, 1.165) is 0 Å². The molecule has 11 heteroatoms. The predicted molar refractivity (Wildman–Crippen MR) is 118 cm³/mol. The van der Waals surface area contributed by atoms with Gasteiger partial charge in [0.2, 0.25) is 11.8 Å². The van der Waals surface area contributed by atoms with Crippen LogP contribution in [0.15, 0.2) is 10.6 Å². The van der Waals surface area contributed by atoms with Gasteiger partial charge in [-0.05, 0) is 12.3 Å². The van der Waals surface area contributed by atoms with Crippen molar-refractivity contribution in [2.45, 2.75) is 44.5 Å². The summed E-state index contributed by atoms with van der Waals surface area (Å²) >= 11 is 1.43. The highest BCUT2D eigenvalue weighted by atomic mass is 32.2. The molecule has 3 aliphatic rings. The lowest BCUT2D eigenvalue weighted by Gasteiger charge is -2.47. The van der Waals surface area contributed by atoms with Crippen LogP contribution >= 0.6 is 11.8 Å². The first-order valence-corrected chi connectivity index (χ1v) is 13.2. The normalized spacial score (nSPS) is 31.5. The zero-order chi connectivity index (χ0) is 23.2. The molecular formula is C20H31N3O6S2. The van der Waals surface area contributed by atoms with Gasteiger partial charge in [0.25, 0.3) is 0 Å². The van der Waals surface area contributed by atoms with Crippen LogP contribution in [0.3, 0.4) is 0 Å². The first-order chi connectivity index (χ1) is 14.4. The molecular weight excluding hydrogens is 442 g/mol. The molecule has 0 saturated carbocycles. The summed E-state index contributed by atoms with van der Waals surface area (Å²) in [4.78, 5) is 40.7. The van der Waals surface area contributed by atoms with E-state index in [-0.39, 0.29) is 58.2 Å². The van der Waals surface area contributed by atoms with Gasteiger partial charge < -0.3 is 20.2 Å². The number of nitrogens with zero attached hydrogens (tertiary/aromatic N) is 2. The number of thioether (sulfide) groups is 1. The van der Waals surface area contributed by atoms with Crippen LogP contribution < -0.4 is 5.32 Å².